The van der Waals surface area contributed by atoms with Crippen LogP contribution in [0, 0.1) is 0 Å². The molecule has 134 valence electrons. The van der Waals surface area contributed by atoms with Crippen molar-refractivity contribution in [3.63, 3.8) is 0 Å². The number of benzene rings is 1. The van der Waals surface area contributed by atoms with E-state index < -0.39 is 0 Å². The molecule has 5 heteroatoms. The van der Waals surface area contributed by atoms with E-state index >= 15 is 0 Å². The van der Waals surface area contributed by atoms with Crippen LogP contribution in [0.3, 0.4) is 0 Å². The Bertz CT molecular complexity index is 633. The van der Waals surface area contributed by atoms with Crippen molar-refractivity contribution >= 4 is 17.4 Å². The highest BCUT2D eigenvalue weighted by atomic mass is 32.1. The Morgan fingerprint density at radius 3 is 2.48 bits per heavy atom. The number of carbonyl (C=O) groups is 1. The van der Waals surface area contributed by atoms with E-state index in [9.17, 15) is 4.79 Å². The number of nitrogens with one attached hydrogen (secondary N) is 2. The van der Waals surface area contributed by atoms with Crippen LogP contribution in [-0.2, 0) is 19.5 Å². The molecule has 0 unspecified atom stereocenters. The molecule has 1 aliphatic rings. The predicted octanol–water partition coefficient (Wildman–Crippen LogP) is 3.78. The molecule has 25 heavy (non-hydrogen) atoms. The number of thiophene rings is 1. The van der Waals surface area contributed by atoms with Crippen molar-refractivity contribution in [3.05, 3.63) is 57.8 Å². The van der Waals surface area contributed by atoms with Gasteiger partial charge in [0.05, 0.1) is 0 Å². The molecule has 1 aliphatic heterocycles. The standard InChI is InChI=1S/C20H27N3OS/c24-20(21-11-10-19-5-4-14-25-19)22-15-17-6-8-18(9-7-17)16-23-12-2-1-3-13-23/h4-9,14H,1-3,10-13,15-16H2,(H2,21,22,24). The van der Waals surface area contributed by atoms with E-state index in [0.717, 1.165) is 18.5 Å². The van der Waals surface area contributed by atoms with Gasteiger partial charge in [-0.1, -0.05) is 36.8 Å². The number of likely N-dealkylation sites (tertiary alicyclic amines) is 1. The van der Waals surface area contributed by atoms with Crippen molar-refractivity contribution in [2.75, 3.05) is 19.6 Å². The maximum Gasteiger partial charge on any atom is 0.315 e. The van der Waals surface area contributed by atoms with E-state index in [1.807, 2.05) is 6.07 Å². The summed E-state index contributed by atoms with van der Waals surface area (Å²) in [6.45, 7) is 4.71. The van der Waals surface area contributed by atoms with E-state index in [4.69, 9.17) is 0 Å². The average molecular weight is 358 g/mol. The first kappa shape index (κ1) is 18.0. The van der Waals surface area contributed by atoms with E-state index in [0.29, 0.717) is 13.1 Å². The van der Waals surface area contributed by atoms with Crippen LogP contribution < -0.4 is 10.6 Å². The minimum absolute atomic E-state index is 0.103. The summed E-state index contributed by atoms with van der Waals surface area (Å²) in [5.74, 6) is 0. The van der Waals surface area contributed by atoms with Crippen LogP contribution in [0.1, 0.15) is 35.3 Å². The van der Waals surface area contributed by atoms with Crippen LogP contribution in [0.25, 0.3) is 0 Å². The lowest BCUT2D eigenvalue weighted by Gasteiger charge is -2.26. The highest BCUT2D eigenvalue weighted by Gasteiger charge is 2.10. The molecule has 3 rings (SSSR count). The maximum atomic E-state index is 11.8. The van der Waals surface area contributed by atoms with Gasteiger partial charge >= 0.3 is 6.03 Å². The smallest absolute Gasteiger partial charge is 0.315 e. The normalized spacial score (nSPS) is 15.0. The first-order valence-corrected chi connectivity index (χ1v) is 10.0. The van der Waals surface area contributed by atoms with Gasteiger partial charge in [0.1, 0.15) is 0 Å². The van der Waals surface area contributed by atoms with Crippen LogP contribution >= 0.6 is 11.3 Å². The van der Waals surface area contributed by atoms with E-state index in [2.05, 4.69) is 51.2 Å². The van der Waals surface area contributed by atoms with Crippen LogP contribution in [0.2, 0.25) is 0 Å². The lowest BCUT2D eigenvalue weighted by atomic mass is 10.1. The van der Waals surface area contributed by atoms with Gasteiger partial charge in [-0.25, -0.2) is 4.79 Å². The number of rotatable bonds is 7. The minimum atomic E-state index is -0.103. The molecule has 2 aromatic rings. The number of urea groups is 1. The van der Waals surface area contributed by atoms with Crippen LogP contribution in [0.4, 0.5) is 4.79 Å². The summed E-state index contributed by atoms with van der Waals surface area (Å²) in [6.07, 6.45) is 4.90. The third kappa shape index (κ3) is 6.18. The zero-order chi connectivity index (χ0) is 17.3. The predicted molar refractivity (Wildman–Crippen MR) is 104 cm³/mol. The van der Waals surface area contributed by atoms with Crippen molar-refractivity contribution in [1.29, 1.82) is 0 Å². The van der Waals surface area contributed by atoms with Gasteiger partial charge in [-0.2, -0.15) is 0 Å². The van der Waals surface area contributed by atoms with Gasteiger partial charge in [-0.15, -0.1) is 11.3 Å². The molecule has 0 atom stereocenters. The van der Waals surface area contributed by atoms with Crippen LogP contribution in [0.15, 0.2) is 41.8 Å². The molecule has 0 aliphatic carbocycles. The number of amides is 2. The molecule has 1 aromatic heterocycles. The molecule has 2 heterocycles. The molecule has 1 saturated heterocycles. The summed E-state index contributed by atoms with van der Waals surface area (Å²) in [5, 5.41) is 7.89. The molecule has 1 fully saturated rings. The summed E-state index contributed by atoms with van der Waals surface area (Å²) in [6, 6.07) is 12.6. The summed E-state index contributed by atoms with van der Waals surface area (Å²) >= 11 is 1.72. The van der Waals surface area contributed by atoms with Crippen molar-refractivity contribution in [3.8, 4) is 0 Å². The summed E-state index contributed by atoms with van der Waals surface area (Å²) in [4.78, 5) is 15.7. The van der Waals surface area contributed by atoms with Gasteiger partial charge in [-0.05, 0) is 54.9 Å². The molecule has 0 saturated carbocycles. The number of piperidine rings is 1. The lowest BCUT2D eigenvalue weighted by molar-refractivity contribution is 0.221. The Morgan fingerprint density at radius 1 is 1.00 bits per heavy atom. The molecule has 2 N–H and O–H groups in total. The highest BCUT2D eigenvalue weighted by molar-refractivity contribution is 7.09. The highest BCUT2D eigenvalue weighted by Crippen LogP contribution is 2.13. The van der Waals surface area contributed by atoms with Crippen molar-refractivity contribution in [2.45, 2.75) is 38.8 Å². The fourth-order valence-electron chi connectivity index (χ4n) is 3.14. The second-order valence-corrected chi connectivity index (χ2v) is 7.62. The van der Waals surface area contributed by atoms with Gasteiger partial charge in [0.25, 0.3) is 0 Å². The maximum absolute atomic E-state index is 11.8. The Morgan fingerprint density at radius 2 is 1.76 bits per heavy atom. The largest absolute Gasteiger partial charge is 0.338 e. The van der Waals surface area contributed by atoms with Gasteiger partial charge in [0, 0.05) is 24.5 Å². The zero-order valence-electron chi connectivity index (χ0n) is 14.7. The number of nitrogens with zero attached hydrogens (tertiary/aromatic N) is 1. The van der Waals surface area contributed by atoms with Crippen LogP contribution in [-0.4, -0.2) is 30.6 Å². The fraction of sp³-hybridized carbons (Fsp3) is 0.450. The topological polar surface area (TPSA) is 44.4 Å². The Hall–Kier alpha value is -1.85. The third-order valence-corrected chi connectivity index (χ3v) is 5.50. The number of hydrogen-bond donors (Lipinski definition) is 2. The van der Waals surface area contributed by atoms with Gasteiger partial charge < -0.3 is 10.6 Å². The lowest BCUT2D eigenvalue weighted by Crippen LogP contribution is -2.36. The molecule has 1 aromatic carbocycles. The van der Waals surface area contributed by atoms with Crippen LogP contribution in [0.5, 0.6) is 0 Å². The number of carbonyl (C=O) groups excluding carboxylic acids is 1. The second kappa shape index (κ2) is 9.59. The van der Waals surface area contributed by atoms with Crippen molar-refractivity contribution < 1.29 is 4.79 Å². The summed E-state index contributed by atoms with van der Waals surface area (Å²) < 4.78 is 0. The van der Waals surface area contributed by atoms with E-state index in [1.54, 1.807) is 11.3 Å². The minimum Gasteiger partial charge on any atom is -0.338 e. The monoisotopic (exact) mass is 357 g/mol. The van der Waals surface area contributed by atoms with E-state index in [-0.39, 0.29) is 6.03 Å². The molecule has 4 nitrogen and oxygen atoms in total. The molecule has 0 radical (unpaired) electrons. The molecular formula is C20H27N3OS. The second-order valence-electron chi connectivity index (χ2n) is 6.59. The zero-order valence-corrected chi connectivity index (χ0v) is 15.5. The Balaban J connectivity index is 1.35. The number of hydrogen-bond acceptors (Lipinski definition) is 3. The van der Waals surface area contributed by atoms with E-state index in [1.165, 1.54) is 42.8 Å². The van der Waals surface area contributed by atoms with Gasteiger partial charge in [0.2, 0.25) is 0 Å². The summed E-state index contributed by atoms with van der Waals surface area (Å²) in [5.41, 5.74) is 2.49. The third-order valence-electron chi connectivity index (χ3n) is 4.57. The first-order chi connectivity index (χ1) is 12.3. The quantitative estimate of drug-likeness (QED) is 0.792. The molecular weight excluding hydrogens is 330 g/mol. The molecule has 0 bridgehead atoms. The van der Waals surface area contributed by atoms with Gasteiger partial charge in [0.15, 0.2) is 0 Å². The Kier molecular flexibility index (Phi) is 6.89. The van der Waals surface area contributed by atoms with Gasteiger partial charge in [-0.3, -0.25) is 4.90 Å². The molecule has 0 spiro atoms. The van der Waals surface area contributed by atoms with Crippen molar-refractivity contribution in [2.24, 2.45) is 0 Å². The first-order valence-electron chi connectivity index (χ1n) is 9.14. The average Bonchev–Trinajstić information content (AvgIpc) is 3.15. The SMILES string of the molecule is O=C(NCCc1cccs1)NCc1ccc(CN2CCCCC2)cc1. The molecule has 2 amide bonds. The van der Waals surface area contributed by atoms with Crippen molar-refractivity contribution in [1.82, 2.24) is 15.5 Å². The fourth-order valence-corrected chi connectivity index (χ4v) is 3.85. The summed E-state index contributed by atoms with van der Waals surface area (Å²) in [7, 11) is 0. The Labute approximate surface area is 154 Å².